The molecule has 1 aliphatic rings. The minimum Gasteiger partial charge on any atom is -0.383 e. The summed E-state index contributed by atoms with van der Waals surface area (Å²) >= 11 is 6.01. The van der Waals surface area contributed by atoms with Gasteiger partial charge in [0.1, 0.15) is 17.3 Å². The molecule has 1 aromatic carbocycles. The topological polar surface area (TPSA) is 43.8 Å². The van der Waals surface area contributed by atoms with Gasteiger partial charge in [0.15, 0.2) is 0 Å². The fourth-order valence-electron chi connectivity index (χ4n) is 2.56. The van der Waals surface area contributed by atoms with E-state index in [0.717, 1.165) is 40.0 Å². The number of nitrogens with two attached hydrogens (primary N) is 1. The van der Waals surface area contributed by atoms with Gasteiger partial charge in [-0.2, -0.15) is 0 Å². The molecular weight excluding hydrogens is 258 g/mol. The van der Waals surface area contributed by atoms with E-state index in [0.29, 0.717) is 5.92 Å². The van der Waals surface area contributed by atoms with Crippen LogP contribution >= 0.6 is 11.6 Å². The van der Waals surface area contributed by atoms with Crippen LogP contribution in [-0.4, -0.2) is 9.55 Å². The molecule has 4 heteroatoms. The molecule has 100 valence electrons. The zero-order valence-corrected chi connectivity index (χ0v) is 12.0. The minimum absolute atomic E-state index is 0.601. The molecular formula is C15H18ClN3. The molecule has 3 nitrogen and oxygen atoms in total. The number of hydrogen-bond acceptors (Lipinski definition) is 2. The number of anilines is 1. The zero-order valence-electron chi connectivity index (χ0n) is 11.3. The lowest BCUT2D eigenvalue weighted by atomic mass is 10.1. The van der Waals surface area contributed by atoms with E-state index in [-0.39, 0.29) is 0 Å². The van der Waals surface area contributed by atoms with E-state index < -0.39 is 0 Å². The monoisotopic (exact) mass is 275 g/mol. The van der Waals surface area contributed by atoms with Crippen LogP contribution in [0.25, 0.3) is 11.3 Å². The molecule has 0 spiro atoms. The first-order valence-corrected chi connectivity index (χ1v) is 7.12. The highest BCUT2D eigenvalue weighted by molar-refractivity contribution is 6.30. The van der Waals surface area contributed by atoms with Gasteiger partial charge in [0, 0.05) is 23.0 Å². The second kappa shape index (κ2) is 4.57. The van der Waals surface area contributed by atoms with Gasteiger partial charge in [0.2, 0.25) is 0 Å². The summed E-state index contributed by atoms with van der Waals surface area (Å²) in [5.74, 6) is 2.52. The highest BCUT2D eigenvalue weighted by Gasteiger charge is 2.30. The summed E-state index contributed by atoms with van der Waals surface area (Å²) in [5.41, 5.74) is 9.38. The number of imidazole rings is 1. The zero-order chi connectivity index (χ0) is 13.6. The summed E-state index contributed by atoms with van der Waals surface area (Å²) in [6, 6.07) is 5.86. The summed E-state index contributed by atoms with van der Waals surface area (Å²) in [6.45, 7) is 5.03. The Bertz CT molecular complexity index is 627. The van der Waals surface area contributed by atoms with Crippen molar-refractivity contribution < 1.29 is 0 Å². The highest BCUT2D eigenvalue weighted by Crippen LogP contribution is 2.42. The Morgan fingerprint density at radius 3 is 2.74 bits per heavy atom. The Kier molecular flexibility index (Phi) is 3.02. The number of benzene rings is 1. The maximum absolute atomic E-state index is 6.29. The SMILES string of the molecule is CCn1c(C2CC2)nc(-c2ccc(Cl)cc2C)c1N. The molecule has 2 N–H and O–H groups in total. The smallest absolute Gasteiger partial charge is 0.131 e. The quantitative estimate of drug-likeness (QED) is 0.920. The van der Waals surface area contributed by atoms with Crippen molar-refractivity contribution in [3.05, 3.63) is 34.6 Å². The highest BCUT2D eigenvalue weighted by atomic mass is 35.5. The lowest BCUT2D eigenvalue weighted by molar-refractivity contribution is 0.708. The molecule has 0 bridgehead atoms. The normalized spacial score (nSPS) is 14.9. The largest absolute Gasteiger partial charge is 0.383 e. The van der Waals surface area contributed by atoms with Crippen molar-refractivity contribution in [3.63, 3.8) is 0 Å². The fourth-order valence-corrected chi connectivity index (χ4v) is 2.79. The molecule has 0 saturated heterocycles. The van der Waals surface area contributed by atoms with Gasteiger partial charge in [-0.25, -0.2) is 4.98 Å². The Labute approximate surface area is 118 Å². The van der Waals surface area contributed by atoms with Crippen molar-refractivity contribution in [2.75, 3.05) is 5.73 Å². The lowest BCUT2D eigenvalue weighted by Crippen LogP contribution is -2.04. The molecule has 1 heterocycles. The summed E-state index contributed by atoms with van der Waals surface area (Å²) < 4.78 is 2.14. The molecule has 2 aromatic rings. The predicted molar refractivity (Wildman–Crippen MR) is 79.5 cm³/mol. The lowest BCUT2D eigenvalue weighted by Gasteiger charge is -2.06. The van der Waals surface area contributed by atoms with Gasteiger partial charge >= 0.3 is 0 Å². The number of halogens is 1. The van der Waals surface area contributed by atoms with Crippen molar-refractivity contribution in [1.82, 2.24) is 9.55 Å². The number of nitrogens with zero attached hydrogens (tertiary/aromatic N) is 2. The van der Waals surface area contributed by atoms with Crippen LogP contribution in [0.2, 0.25) is 5.02 Å². The van der Waals surface area contributed by atoms with Crippen molar-refractivity contribution in [2.24, 2.45) is 0 Å². The Hall–Kier alpha value is -1.48. The van der Waals surface area contributed by atoms with E-state index in [2.05, 4.69) is 11.5 Å². The first-order chi connectivity index (χ1) is 9.11. The number of aryl methyl sites for hydroxylation is 1. The number of rotatable bonds is 3. The van der Waals surface area contributed by atoms with E-state index in [1.165, 1.54) is 12.8 Å². The molecule has 0 unspecified atom stereocenters. The number of hydrogen-bond donors (Lipinski definition) is 1. The van der Waals surface area contributed by atoms with Gasteiger partial charge in [-0.3, -0.25) is 0 Å². The van der Waals surface area contributed by atoms with Crippen LogP contribution in [0, 0.1) is 6.92 Å². The second-order valence-electron chi connectivity index (χ2n) is 5.18. The summed E-state index contributed by atoms with van der Waals surface area (Å²) in [6.07, 6.45) is 2.46. The average Bonchev–Trinajstić information content (AvgIpc) is 3.15. The summed E-state index contributed by atoms with van der Waals surface area (Å²) in [7, 11) is 0. The van der Waals surface area contributed by atoms with Gasteiger partial charge < -0.3 is 10.3 Å². The fraction of sp³-hybridized carbons (Fsp3) is 0.400. The van der Waals surface area contributed by atoms with Crippen LogP contribution in [0.1, 0.15) is 37.1 Å². The first-order valence-electron chi connectivity index (χ1n) is 6.74. The van der Waals surface area contributed by atoms with Crippen molar-refractivity contribution >= 4 is 17.4 Å². The van der Waals surface area contributed by atoms with Crippen LogP contribution in [-0.2, 0) is 6.54 Å². The van der Waals surface area contributed by atoms with Gasteiger partial charge in [0.25, 0.3) is 0 Å². The second-order valence-corrected chi connectivity index (χ2v) is 5.62. The molecule has 1 aromatic heterocycles. The van der Waals surface area contributed by atoms with E-state index in [9.17, 15) is 0 Å². The first kappa shape index (κ1) is 12.5. The predicted octanol–water partition coefficient (Wildman–Crippen LogP) is 3.99. The van der Waals surface area contributed by atoms with Crippen molar-refractivity contribution in [3.8, 4) is 11.3 Å². The Balaban J connectivity index is 2.14. The van der Waals surface area contributed by atoms with E-state index in [1.54, 1.807) is 0 Å². The maximum atomic E-state index is 6.29. The third kappa shape index (κ3) is 2.12. The standard InChI is InChI=1S/C15H18ClN3/c1-3-19-14(17)13(18-15(19)10-4-5-10)12-7-6-11(16)8-9(12)2/h6-8,10H,3-5,17H2,1-2H3. The molecule has 3 rings (SSSR count). The molecule has 0 aliphatic heterocycles. The molecule has 19 heavy (non-hydrogen) atoms. The molecule has 1 saturated carbocycles. The van der Waals surface area contributed by atoms with Crippen LogP contribution in [0.15, 0.2) is 18.2 Å². The Morgan fingerprint density at radius 1 is 1.42 bits per heavy atom. The number of nitrogen functional groups attached to an aromatic ring is 1. The molecule has 0 atom stereocenters. The third-order valence-electron chi connectivity index (χ3n) is 3.74. The van der Waals surface area contributed by atoms with Crippen molar-refractivity contribution in [2.45, 2.75) is 39.2 Å². The van der Waals surface area contributed by atoms with Gasteiger partial charge in [-0.15, -0.1) is 0 Å². The van der Waals surface area contributed by atoms with E-state index >= 15 is 0 Å². The average molecular weight is 276 g/mol. The summed E-state index contributed by atoms with van der Waals surface area (Å²) in [4.78, 5) is 4.80. The van der Waals surface area contributed by atoms with Gasteiger partial charge in [-0.1, -0.05) is 17.7 Å². The number of aromatic nitrogens is 2. The maximum Gasteiger partial charge on any atom is 0.131 e. The molecule has 0 amide bonds. The van der Waals surface area contributed by atoms with Crippen molar-refractivity contribution in [1.29, 1.82) is 0 Å². The van der Waals surface area contributed by atoms with E-state index in [1.807, 2.05) is 25.1 Å². The van der Waals surface area contributed by atoms with Crippen LogP contribution in [0.4, 0.5) is 5.82 Å². The van der Waals surface area contributed by atoms with Crippen LogP contribution in [0.3, 0.4) is 0 Å². The minimum atomic E-state index is 0.601. The summed E-state index contributed by atoms with van der Waals surface area (Å²) in [5, 5.41) is 0.747. The van der Waals surface area contributed by atoms with E-state index in [4.69, 9.17) is 22.3 Å². The van der Waals surface area contributed by atoms with Crippen LogP contribution in [0.5, 0.6) is 0 Å². The molecule has 1 aliphatic carbocycles. The van der Waals surface area contributed by atoms with Gasteiger partial charge in [0.05, 0.1) is 0 Å². The third-order valence-corrected chi connectivity index (χ3v) is 3.97. The molecule has 1 fully saturated rings. The molecule has 0 radical (unpaired) electrons. The van der Waals surface area contributed by atoms with Crippen LogP contribution < -0.4 is 5.73 Å². The van der Waals surface area contributed by atoms with Gasteiger partial charge in [-0.05, 0) is 44.4 Å². The Morgan fingerprint density at radius 2 is 2.16 bits per heavy atom.